The van der Waals surface area contributed by atoms with E-state index in [9.17, 15) is 13.2 Å². The number of pyridine rings is 1. The fraction of sp³-hybridized carbons (Fsp3) is 0.143. The summed E-state index contributed by atoms with van der Waals surface area (Å²) in [5.74, 6) is 0.0593. The van der Waals surface area contributed by atoms with Crippen LogP contribution in [0.2, 0.25) is 0 Å². The third kappa shape index (κ3) is 5.99. The van der Waals surface area contributed by atoms with Gasteiger partial charge in [0, 0.05) is 16.8 Å². The van der Waals surface area contributed by atoms with E-state index in [1.165, 1.54) is 24.3 Å². The third-order valence-electron chi connectivity index (χ3n) is 5.95. The Kier molecular flexibility index (Phi) is 7.16. The van der Waals surface area contributed by atoms with E-state index < -0.39 is 6.36 Å². The number of para-hydroxylation sites is 1. The third-order valence-corrected chi connectivity index (χ3v) is 6.14. The summed E-state index contributed by atoms with van der Waals surface area (Å²) in [5, 5.41) is 8.58. The van der Waals surface area contributed by atoms with Crippen LogP contribution >= 0.6 is 12.2 Å². The monoisotopic (exact) mass is 548 g/mol. The van der Waals surface area contributed by atoms with Gasteiger partial charge in [-0.15, -0.1) is 13.2 Å². The SMILES string of the molecule is CC(C)c1ccccc1NC(=S)NN=Cc1ccc2c(ccc3c2ncn3-c2ccc(OC(F)(F)F)cc2)n1. The second-order valence-electron chi connectivity index (χ2n) is 8.96. The standard InChI is InChI=1S/C28H23F3N6OS/c1-17(2)21-5-3-4-6-23(21)35-27(39)36-33-15-18-7-12-22-24(34-18)13-14-25-26(22)32-16-37(25)19-8-10-20(11-9-19)38-28(29,30)31/h3-17H,1-2H3,(H2,35,36,39). The van der Waals surface area contributed by atoms with E-state index in [2.05, 4.69) is 50.5 Å². The second kappa shape index (κ2) is 10.7. The number of imidazole rings is 1. The average molecular weight is 549 g/mol. The largest absolute Gasteiger partial charge is 0.573 e. The Labute approximate surface area is 227 Å². The van der Waals surface area contributed by atoms with Crippen molar-refractivity contribution in [2.45, 2.75) is 26.1 Å². The first-order valence-corrected chi connectivity index (χ1v) is 12.4. The molecule has 0 aliphatic rings. The number of hydrogen-bond acceptors (Lipinski definition) is 5. The number of rotatable bonds is 6. The van der Waals surface area contributed by atoms with Crippen molar-refractivity contribution in [2.75, 3.05) is 5.32 Å². The number of hydrogen-bond donors (Lipinski definition) is 2. The lowest BCUT2D eigenvalue weighted by Gasteiger charge is -2.14. The molecular weight excluding hydrogens is 525 g/mol. The van der Waals surface area contributed by atoms with Crippen LogP contribution in [0, 0.1) is 0 Å². The molecule has 39 heavy (non-hydrogen) atoms. The Morgan fingerprint density at radius 1 is 1.03 bits per heavy atom. The van der Waals surface area contributed by atoms with E-state index in [1.807, 2.05) is 42.5 Å². The number of hydrazone groups is 1. The summed E-state index contributed by atoms with van der Waals surface area (Å²) in [6, 6.07) is 21.0. The Morgan fingerprint density at radius 2 is 1.79 bits per heavy atom. The molecule has 0 fully saturated rings. The summed E-state index contributed by atoms with van der Waals surface area (Å²) < 4.78 is 43.1. The molecule has 0 bridgehead atoms. The molecule has 0 saturated carbocycles. The molecule has 3 aromatic carbocycles. The molecule has 0 spiro atoms. The van der Waals surface area contributed by atoms with E-state index in [0.717, 1.165) is 27.7 Å². The molecular formula is C28H23F3N6OS. The quantitative estimate of drug-likeness (QED) is 0.136. The highest BCUT2D eigenvalue weighted by atomic mass is 32.1. The molecule has 0 amide bonds. The summed E-state index contributed by atoms with van der Waals surface area (Å²) in [6.07, 6.45) is -1.54. The molecule has 0 aliphatic heterocycles. The van der Waals surface area contributed by atoms with Crippen molar-refractivity contribution < 1.29 is 17.9 Å². The van der Waals surface area contributed by atoms with Gasteiger partial charge in [-0.1, -0.05) is 32.0 Å². The smallest absolute Gasteiger partial charge is 0.406 e. The van der Waals surface area contributed by atoms with Crippen LogP contribution in [0.3, 0.4) is 0 Å². The summed E-state index contributed by atoms with van der Waals surface area (Å²) >= 11 is 5.38. The van der Waals surface area contributed by atoms with E-state index in [-0.39, 0.29) is 5.75 Å². The molecule has 7 nitrogen and oxygen atoms in total. The molecule has 2 aromatic heterocycles. The first-order chi connectivity index (χ1) is 18.7. The number of halogens is 3. The zero-order chi connectivity index (χ0) is 27.6. The molecule has 0 radical (unpaired) electrons. The highest BCUT2D eigenvalue weighted by molar-refractivity contribution is 7.80. The van der Waals surface area contributed by atoms with E-state index in [4.69, 9.17) is 12.2 Å². The lowest BCUT2D eigenvalue weighted by molar-refractivity contribution is -0.274. The van der Waals surface area contributed by atoms with Crippen LogP contribution in [0.1, 0.15) is 31.0 Å². The summed E-state index contributed by atoms with van der Waals surface area (Å²) in [7, 11) is 0. The second-order valence-corrected chi connectivity index (χ2v) is 9.37. The molecule has 5 rings (SSSR count). The fourth-order valence-corrected chi connectivity index (χ4v) is 4.37. The number of nitrogens with one attached hydrogen (secondary N) is 2. The van der Waals surface area contributed by atoms with Crippen molar-refractivity contribution >= 4 is 51.2 Å². The highest BCUT2D eigenvalue weighted by Crippen LogP contribution is 2.28. The molecule has 5 aromatic rings. The van der Waals surface area contributed by atoms with Gasteiger partial charge in [0.1, 0.15) is 12.1 Å². The van der Waals surface area contributed by atoms with Crippen LogP contribution in [0.15, 0.2) is 84.2 Å². The minimum Gasteiger partial charge on any atom is -0.406 e. The predicted molar refractivity (Wildman–Crippen MR) is 151 cm³/mol. The van der Waals surface area contributed by atoms with E-state index in [1.54, 1.807) is 17.1 Å². The average Bonchev–Trinajstić information content (AvgIpc) is 3.33. The van der Waals surface area contributed by atoms with E-state index in [0.29, 0.717) is 27.9 Å². The lowest BCUT2D eigenvalue weighted by atomic mass is 10.0. The molecule has 2 N–H and O–H groups in total. The van der Waals surface area contributed by atoms with Gasteiger partial charge in [0.25, 0.3) is 0 Å². The number of nitrogens with zero attached hydrogens (tertiary/aromatic N) is 4. The van der Waals surface area contributed by atoms with Gasteiger partial charge in [-0.05, 0) is 78.3 Å². The van der Waals surface area contributed by atoms with Crippen LogP contribution < -0.4 is 15.5 Å². The minimum atomic E-state index is -4.74. The van der Waals surface area contributed by atoms with Gasteiger partial charge in [0.05, 0.1) is 28.5 Å². The van der Waals surface area contributed by atoms with Crippen LogP contribution in [0.5, 0.6) is 5.75 Å². The van der Waals surface area contributed by atoms with Gasteiger partial charge in [0.15, 0.2) is 5.11 Å². The topological polar surface area (TPSA) is 76.4 Å². The zero-order valence-electron chi connectivity index (χ0n) is 20.9. The normalized spacial score (nSPS) is 11.9. The molecule has 0 aliphatic carbocycles. The van der Waals surface area contributed by atoms with Crippen molar-refractivity contribution in [3.8, 4) is 11.4 Å². The molecule has 0 saturated heterocycles. The lowest BCUT2D eigenvalue weighted by Crippen LogP contribution is -2.24. The van der Waals surface area contributed by atoms with Gasteiger partial charge in [0.2, 0.25) is 0 Å². The number of aromatic nitrogens is 3. The predicted octanol–water partition coefficient (Wildman–Crippen LogP) is 6.92. The van der Waals surface area contributed by atoms with Gasteiger partial charge in [-0.2, -0.15) is 5.10 Å². The Morgan fingerprint density at radius 3 is 2.54 bits per heavy atom. The molecule has 11 heteroatoms. The van der Waals surface area contributed by atoms with Crippen LogP contribution in [-0.2, 0) is 0 Å². The Bertz CT molecular complexity index is 1680. The summed E-state index contributed by atoms with van der Waals surface area (Å²) in [6.45, 7) is 4.24. The summed E-state index contributed by atoms with van der Waals surface area (Å²) in [5.41, 5.74) is 8.40. The van der Waals surface area contributed by atoms with Crippen molar-refractivity contribution in [3.05, 3.63) is 90.4 Å². The number of benzene rings is 3. The fourth-order valence-electron chi connectivity index (χ4n) is 4.21. The highest BCUT2D eigenvalue weighted by Gasteiger charge is 2.31. The zero-order valence-corrected chi connectivity index (χ0v) is 21.7. The number of thiocarbonyl (C=S) groups is 1. The maximum atomic E-state index is 12.5. The van der Waals surface area contributed by atoms with Crippen molar-refractivity contribution in [2.24, 2.45) is 5.10 Å². The summed E-state index contributed by atoms with van der Waals surface area (Å²) in [4.78, 5) is 9.17. The maximum Gasteiger partial charge on any atom is 0.573 e. The first-order valence-electron chi connectivity index (χ1n) is 12.0. The van der Waals surface area contributed by atoms with Gasteiger partial charge in [-0.3, -0.25) is 9.99 Å². The number of fused-ring (bicyclic) bond motifs is 3. The Balaban J connectivity index is 1.31. The Hall–Kier alpha value is -4.51. The molecule has 0 unspecified atom stereocenters. The molecule has 2 heterocycles. The number of anilines is 1. The molecule has 198 valence electrons. The van der Waals surface area contributed by atoms with Gasteiger partial charge < -0.3 is 10.1 Å². The molecule has 0 atom stereocenters. The van der Waals surface area contributed by atoms with Crippen molar-refractivity contribution in [1.82, 2.24) is 20.0 Å². The first kappa shape index (κ1) is 26.1. The van der Waals surface area contributed by atoms with E-state index >= 15 is 0 Å². The maximum absolute atomic E-state index is 12.5. The van der Waals surface area contributed by atoms with Crippen molar-refractivity contribution in [3.63, 3.8) is 0 Å². The van der Waals surface area contributed by atoms with Gasteiger partial charge >= 0.3 is 6.36 Å². The number of ether oxygens (including phenoxy) is 1. The minimum absolute atomic E-state index is 0.286. The van der Waals surface area contributed by atoms with Gasteiger partial charge in [-0.25, -0.2) is 9.97 Å². The van der Waals surface area contributed by atoms with Crippen molar-refractivity contribution in [1.29, 1.82) is 0 Å². The number of alkyl halides is 3. The van der Waals surface area contributed by atoms with Crippen LogP contribution in [0.25, 0.3) is 27.6 Å². The van der Waals surface area contributed by atoms with Crippen LogP contribution in [-0.4, -0.2) is 32.2 Å². The van der Waals surface area contributed by atoms with Crippen LogP contribution in [0.4, 0.5) is 18.9 Å².